The first kappa shape index (κ1) is 18.0. The van der Waals surface area contributed by atoms with Crippen LogP contribution in [0.5, 0.6) is 5.75 Å². The predicted molar refractivity (Wildman–Crippen MR) is 103 cm³/mol. The standard InChI is InChI=1S/C15H11Cl3N4O2S/c16-7-1-2-11(9(17)3-7)24-6-13(23)20-8-4-10(18)14-12(5-8)25-15(21-14)22-19/h1-5H,6,19H2,(H,20,23)(H,21,22). The summed E-state index contributed by atoms with van der Waals surface area (Å²) in [7, 11) is 0. The molecule has 0 atom stereocenters. The van der Waals surface area contributed by atoms with E-state index in [1.54, 1.807) is 24.3 Å². The van der Waals surface area contributed by atoms with Gasteiger partial charge < -0.3 is 10.1 Å². The van der Waals surface area contributed by atoms with Crippen LogP contribution in [0.4, 0.5) is 10.8 Å². The number of anilines is 2. The quantitative estimate of drug-likeness (QED) is 0.418. The van der Waals surface area contributed by atoms with Gasteiger partial charge in [0.1, 0.15) is 11.3 Å². The number of fused-ring (bicyclic) bond motifs is 1. The van der Waals surface area contributed by atoms with Crippen molar-refractivity contribution in [3.8, 4) is 5.75 Å². The van der Waals surface area contributed by atoms with E-state index in [1.807, 2.05) is 0 Å². The highest BCUT2D eigenvalue weighted by molar-refractivity contribution is 7.22. The van der Waals surface area contributed by atoms with Gasteiger partial charge in [0.15, 0.2) is 11.7 Å². The number of hydrogen-bond acceptors (Lipinski definition) is 6. The first-order valence-electron chi connectivity index (χ1n) is 6.90. The molecule has 3 rings (SSSR count). The largest absolute Gasteiger partial charge is 0.482 e. The Kier molecular flexibility index (Phi) is 5.51. The van der Waals surface area contributed by atoms with Crippen LogP contribution in [0.15, 0.2) is 30.3 Å². The lowest BCUT2D eigenvalue weighted by molar-refractivity contribution is -0.118. The van der Waals surface area contributed by atoms with Gasteiger partial charge in [-0.15, -0.1) is 0 Å². The Labute approximate surface area is 161 Å². The van der Waals surface area contributed by atoms with E-state index >= 15 is 0 Å². The smallest absolute Gasteiger partial charge is 0.262 e. The van der Waals surface area contributed by atoms with Crippen LogP contribution in [0.2, 0.25) is 15.1 Å². The molecule has 1 aromatic heterocycles. The van der Waals surface area contributed by atoms with E-state index in [-0.39, 0.29) is 12.5 Å². The normalized spacial score (nSPS) is 10.7. The zero-order valence-electron chi connectivity index (χ0n) is 12.5. The van der Waals surface area contributed by atoms with Gasteiger partial charge in [-0.1, -0.05) is 46.1 Å². The maximum absolute atomic E-state index is 12.1. The summed E-state index contributed by atoms with van der Waals surface area (Å²) in [6.07, 6.45) is 0. The number of amides is 1. The van der Waals surface area contributed by atoms with E-state index in [0.717, 1.165) is 4.70 Å². The summed E-state index contributed by atoms with van der Waals surface area (Å²) in [6, 6.07) is 8.13. The molecule has 3 aromatic rings. The van der Waals surface area contributed by atoms with Crippen LogP contribution in [0.1, 0.15) is 0 Å². The fourth-order valence-electron chi connectivity index (χ4n) is 2.06. The second-order valence-electron chi connectivity index (χ2n) is 4.88. The molecule has 130 valence electrons. The Hall–Kier alpha value is -1.77. The van der Waals surface area contributed by atoms with Crippen molar-refractivity contribution >= 4 is 73.1 Å². The monoisotopic (exact) mass is 416 g/mol. The maximum atomic E-state index is 12.1. The van der Waals surface area contributed by atoms with Gasteiger partial charge in [0.25, 0.3) is 5.91 Å². The van der Waals surface area contributed by atoms with Gasteiger partial charge in [-0.2, -0.15) is 0 Å². The molecule has 25 heavy (non-hydrogen) atoms. The third-order valence-corrected chi connectivity index (χ3v) is 4.86. The molecule has 0 aliphatic heterocycles. The molecular formula is C15H11Cl3N4O2S. The first-order chi connectivity index (χ1) is 12.0. The van der Waals surface area contributed by atoms with Crippen molar-refractivity contribution < 1.29 is 9.53 Å². The van der Waals surface area contributed by atoms with Gasteiger partial charge in [-0.3, -0.25) is 10.2 Å². The molecule has 0 spiro atoms. The summed E-state index contributed by atoms with van der Waals surface area (Å²) in [5.41, 5.74) is 3.61. The van der Waals surface area contributed by atoms with Crippen molar-refractivity contribution in [2.75, 3.05) is 17.3 Å². The molecule has 0 aliphatic rings. The number of hydrazine groups is 1. The summed E-state index contributed by atoms with van der Waals surface area (Å²) >= 11 is 19.3. The highest BCUT2D eigenvalue weighted by atomic mass is 35.5. The molecule has 0 saturated heterocycles. The van der Waals surface area contributed by atoms with Crippen molar-refractivity contribution in [1.82, 2.24) is 4.98 Å². The average molecular weight is 418 g/mol. The van der Waals surface area contributed by atoms with E-state index in [4.69, 9.17) is 45.4 Å². The van der Waals surface area contributed by atoms with Gasteiger partial charge in [0, 0.05) is 10.7 Å². The van der Waals surface area contributed by atoms with Crippen molar-refractivity contribution in [3.63, 3.8) is 0 Å². The molecule has 0 fully saturated rings. The Bertz CT molecular complexity index is 948. The highest BCUT2D eigenvalue weighted by Gasteiger charge is 2.11. The van der Waals surface area contributed by atoms with E-state index in [1.165, 1.54) is 17.4 Å². The molecule has 0 bridgehead atoms. The van der Waals surface area contributed by atoms with Crippen LogP contribution in [0.25, 0.3) is 10.2 Å². The molecule has 0 unspecified atom stereocenters. The van der Waals surface area contributed by atoms with Crippen molar-refractivity contribution in [2.45, 2.75) is 0 Å². The second-order valence-corrected chi connectivity index (χ2v) is 7.16. The molecule has 4 N–H and O–H groups in total. The van der Waals surface area contributed by atoms with E-state index in [9.17, 15) is 4.79 Å². The average Bonchev–Trinajstić information content (AvgIpc) is 2.98. The van der Waals surface area contributed by atoms with Gasteiger partial charge >= 0.3 is 0 Å². The first-order valence-corrected chi connectivity index (χ1v) is 8.85. The number of carbonyl (C=O) groups is 1. The van der Waals surface area contributed by atoms with Gasteiger partial charge in [0.05, 0.1) is 14.7 Å². The molecule has 1 heterocycles. The summed E-state index contributed by atoms with van der Waals surface area (Å²) < 4.78 is 6.18. The summed E-state index contributed by atoms with van der Waals surface area (Å²) in [5.74, 6) is 5.36. The van der Waals surface area contributed by atoms with Crippen molar-refractivity contribution in [1.29, 1.82) is 0 Å². The summed E-state index contributed by atoms with van der Waals surface area (Å²) in [5, 5.41) is 4.47. The molecule has 0 radical (unpaired) electrons. The minimum Gasteiger partial charge on any atom is -0.482 e. The zero-order valence-corrected chi connectivity index (χ0v) is 15.6. The number of carbonyl (C=O) groups excluding carboxylic acids is 1. The third-order valence-electron chi connectivity index (χ3n) is 3.11. The zero-order chi connectivity index (χ0) is 18.0. The van der Waals surface area contributed by atoms with Gasteiger partial charge in [-0.05, 0) is 30.3 Å². The van der Waals surface area contributed by atoms with Gasteiger partial charge in [-0.25, -0.2) is 10.8 Å². The topological polar surface area (TPSA) is 89.3 Å². The number of hydrogen-bond donors (Lipinski definition) is 3. The predicted octanol–water partition coefficient (Wildman–Crippen LogP) is 4.56. The van der Waals surface area contributed by atoms with E-state index in [2.05, 4.69) is 15.7 Å². The fraction of sp³-hybridized carbons (Fsp3) is 0.0667. The summed E-state index contributed by atoms with van der Waals surface area (Å²) in [4.78, 5) is 16.3. The Morgan fingerprint density at radius 2 is 2.00 bits per heavy atom. The lowest BCUT2D eigenvalue weighted by atomic mass is 10.3. The molecule has 1 amide bonds. The fourth-order valence-corrected chi connectivity index (χ4v) is 3.68. The number of nitrogens with zero attached hydrogens (tertiary/aromatic N) is 1. The molecule has 0 aliphatic carbocycles. The second kappa shape index (κ2) is 7.63. The summed E-state index contributed by atoms with van der Waals surface area (Å²) in [6.45, 7) is -0.213. The molecular weight excluding hydrogens is 407 g/mol. The van der Waals surface area contributed by atoms with Crippen molar-refractivity contribution in [2.24, 2.45) is 5.84 Å². The lowest BCUT2D eigenvalue weighted by Crippen LogP contribution is -2.20. The van der Waals surface area contributed by atoms with Crippen LogP contribution in [0.3, 0.4) is 0 Å². The highest BCUT2D eigenvalue weighted by Crippen LogP contribution is 2.33. The molecule has 10 heteroatoms. The minimum atomic E-state index is -0.358. The Balaban J connectivity index is 1.69. The van der Waals surface area contributed by atoms with Crippen LogP contribution < -0.4 is 21.3 Å². The Morgan fingerprint density at radius 1 is 1.20 bits per heavy atom. The Morgan fingerprint density at radius 3 is 2.72 bits per heavy atom. The number of nitrogen functional groups attached to an aromatic ring is 1. The third kappa shape index (κ3) is 4.26. The minimum absolute atomic E-state index is 0.213. The van der Waals surface area contributed by atoms with Crippen LogP contribution in [-0.2, 0) is 4.79 Å². The molecule has 0 saturated carbocycles. The van der Waals surface area contributed by atoms with Crippen molar-refractivity contribution in [3.05, 3.63) is 45.4 Å². The van der Waals surface area contributed by atoms with E-state index < -0.39 is 0 Å². The molecule has 2 aromatic carbocycles. The van der Waals surface area contributed by atoms with Crippen LogP contribution in [-0.4, -0.2) is 17.5 Å². The number of halogens is 3. The van der Waals surface area contributed by atoms with Crippen LogP contribution in [0, 0.1) is 0 Å². The molecule has 6 nitrogen and oxygen atoms in total. The number of nitrogens with two attached hydrogens (primary N) is 1. The number of rotatable bonds is 5. The maximum Gasteiger partial charge on any atom is 0.262 e. The SMILES string of the molecule is NNc1nc2c(Cl)cc(NC(=O)COc3ccc(Cl)cc3Cl)cc2s1. The number of nitrogens with one attached hydrogen (secondary N) is 2. The van der Waals surface area contributed by atoms with Crippen LogP contribution >= 0.6 is 46.1 Å². The van der Waals surface area contributed by atoms with Gasteiger partial charge in [0.2, 0.25) is 0 Å². The number of benzene rings is 2. The number of thiazole rings is 1. The van der Waals surface area contributed by atoms with E-state index in [0.29, 0.717) is 37.2 Å². The number of ether oxygens (including phenoxy) is 1. The lowest BCUT2D eigenvalue weighted by Gasteiger charge is -2.09. The number of aromatic nitrogens is 1.